The van der Waals surface area contributed by atoms with Crippen molar-refractivity contribution in [1.29, 1.82) is 0 Å². The molecule has 0 saturated heterocycles. The molecule has 1 rings (SSSR count). The Balaban J connectivity index is 2.23. The first-order valence-corrected chi connectivity index (χ1v) is 3.67. The Hall–Kier alpha value is -0.110. The van der Waals surface area contributed by atoms with Gasteiger partial charge in [-0.25, -0.2) is 4.39 Å². The average Bonchev–Trinajstić information content (AvgIpc) is 1.88. The first kappa shape index (κ1) is 7.00. The molecule has 2 heteroatoms. The van der Waals surface area contributed by atoms with Crippen LogP contribution in [0.4, 0.5) is 4.39 Å². The third-order valence-electron chi connectivity index (χ3n) is 2.05. The summed E-state index contributed by atoms with van der Waals surface area (Å²) >= 11 is 0. The molecule has 0 aromatic heterocycles. The molecule has 54 valence electrons. The number of hydrogen-bond donors (Lipinski definition) is 1. The summed E-state index contributed by atoms with van der Waals surface area (Å²) in [7, 11) is 0. The van der Waals surface area contributed by atoms with Crippen molar-refractivity contribution in [2.75, 3.05) is 6.54 Å². The van der Waals surface area contributed by atoms with Crippen molar-refractivity contribution in [1.82, 2.24) is 0 Å². The van der Waals surface area contributed by atoms with Gasteiger partial charge in [0.2, 0.25) is 0 Å². The first-order chi connectivity index (χ1) is 4.33. The predicted molar refractivity (Wildman–Crippen MR) is 35.9 cm³/mol. The first-order valence-electron chi connectivity index (χ1n) is 3.67. The van der Waals surface area contributed by atoms with E-state index in [1.807, 2.05) is 0 Å². The summed E-state index contributed by atoms with van der Waals surface area (Å²) in [6.45, 7) is 0.667. The van der Waals surface area contributed by atoms with Gasteiger partial charge >= 0.3 is 0 Å². The van der Waals surface area contributed by atoms with Crippen LogP contribution in [0.2, 0.25) is 0 Å². The van der Waals surface area contributed by atoms with E-state index in [0.717, 1.165) is 19.3 Å². The van der Waals surface area contributed by atoms with Crippen LogP contribution in [0.3, 0.4) is 0 Å². The average molecular weight is 131 g/mol. The molecule has 0 aromatic rings. The Kier molecular flexibility index (Phi) is 2.46. The van der Waals surface area contributed by atoms with E-state index >= 15 is 0 Å². The van der Waals surface area contributed by atoms with Crippen molar-refractivity contribution in [2.24, 2.45) is 11.7 Å². The van der Waals surface area contributed by atoms with Crippen molar-refractivity contribution in [3.05, 3.63) is 0 Å². The Bertz CT molecular complexity index is 85.0. The molecule has 0 unspecified atom stereocenters. The number of hydrogen-bond acceptors (Lipinski definition) is 1. The molecule has 0 heterocycles. The minimum atomic E-state index is -0.563. The summed E-state index contributed by atoms with van der Waals surface area (Å²) in [6.07, 6.45) is 3.07. The van der Waals surface area contributed by atoms with Crippen LogP contribution in [0, 0.1) is 5.92 Å². The maximum absolute atomic E-state index is 12.6. The molecule has 0 bridgehead atoms. The van der Waals surface area contributed by atoms with E-state index in [-0.39, 0.29) is 0 Å². The highest BCUT2D eigenvalue weighted by Crippen LogP contribution is 2.24. The molecule has 2 atom stereocenters. The van der Waals surface area contributed by atoms with Crippen LogP contribution < -0.4 is 5.73 Å². The SMILES string of the molecule is NC[C@H]1CCC[C@@H](F)C1. The van der Waals surface area contributed by atoms with Gasteiger partial charge in [-0.3, -0.25) is 0 Å². The zero-order valence-electron chi connectivity index (χ0n) is 5.65. The van der Waals surface area contributed by atoms with Crippen LogP contribution in [0.15, 0.2) is 0 Å². The van der Waals surface area contributed by atoms with Gasteiger partial charge in [0.25, 0.3) is 0 Å². The standard InChI is InChI=1S/C7H14FN/c8-7-3-1-2-6(4-7)5-9/h6-7H,1-5,9H2/t6-,7+/m0/s1. The normalized spacial score (nSPS) is 36.7. The van der Waals surface area contributed by atoms with Gasteiger partial charge in [-0.05, 0) is 31.7 Å². The van der Waals surface area contributed by atoms with Gasteiger partial charge < -0.3 is 5.73 Å². The highest BCUT2D eigenvalue weighted by molar-refractivity contribution is 4.72. The second-order valence-electron chi connectivity index (χ2n) is 2.87. The second-order valence-corrected chi connectivity index (χ2v) is 2.87. The third kappa shape index (κ3) is 1.94. The van der Waals surface area contributed by atoms with Crippen LogP contribution in [0.25, 0.3) is 0 Å². The minimum Gasteiger partial charge on any atom is -0.330 e. The summed E-state index contributed by atoms with van der Waals surface area (Å²) in [5.41, 5.74) is 5.40. The Morgan fingerprint density at radius 3 is 2.67 bits per heavy atom. The van der Waals surface area contributed by atoms with Crippen molar-refractivity contribution in [2.45, 2.75) is 31.9 Å². The molecule has 0 aliphatic heterocycles. The summed E-state index contributed by atoms with van der Waals surface area (Å²) < 4.78 is 12.6. The fraction of sp³-hybridized carbons (Fsp3) is 1.00. The lowest BCUT2D eigenvalue weighted by molar-refractivity contribution is 0.202. The fourth-order valence-electron chi connectivity index (χ4n) is 1.44. The maximum atomic E-state index is 12.6. The largest absolute Gasteiger partial charge is 0.330 e. The van der Waals surface area contributed by atoms with Crippen molar-refractivity contribution in [3.8, 4) is 0 Å². The van der Waals surface area contributed by atoms with Gasteiger partial charge in [-0.15, -0.1) is 0 Å². The topological polar surface area (TPSA) is 26.0 Å². The van der Waals surface area contributed by atoms with Crippen LogP contribution in [0.1, 0.15) is 25.7 Å². The molecule has 1 fully saturated rings. The van der Waals surface area contributed by atoms with E-state index in [2.05, 4.69) is 0 Å². The monoisotopic (exact) mass is 131 g/mol. The van der Waals surface area contributed by atoms with Gasteiger partial charge in [0.1, 0.15) is 6.17 Å². The third-order valence-corrected chi connectivity index (χ3v) is 2.05. The highest BCUT2D eigenvalue weighted by Gasteiger charge is 2.19. The maximum Gasteiger partial charge on any atom is 0.100 e. The van der Waals surface area contributed by atoms with Crippen molar-refractivity contribution >= 4 is 0 Å². The molecule has 1 aliphatic carbocycles. The van der Waals surface area contributed by atoms with E-state index in [9.17, 15) is 4.39 Å². The molecule has 0 spiro atoms. The highest BCUT2D eigenvalue weighted by atomic mass is 19.1. The van der Waals surface area contributed by atoms with Crippen molar-refractivity contribution in [3.63, 3.8) is 0 Å². The Labute approximate surface area is 55.4 Å². The second kappa shape index (κ2) is 3.16. The van der Waals surface area contributed by atoms with Gasteiger partial charge in [0.05, 0.1) is 0 Å². The number of halogens is 1. The van der Waals surface area contributed by atoms with Gasteiger partial charge in [-0.1, -0.05) is 6.42 Å². The Morgan fingerprint density at radius 1 is 1.44 bits per heavy atom. The van der Waals surface area contributed by atoms with Gasteiger partial charge in [0.15, 0.2) is 0 Å². The molecule has 9 heavy (non-hydrogen) atoms. The summed E-state index contributed by atoms with van der Waals surface area (Å²) in [4.78, 5) is 0. The zero-order chi connectivity index (χ0) is 6.69. The summed E-state index contributed by atoms with van der Waals surface area (Å²) in [5, 5.41) is 0. The van der Waals surface area contributed by atoms with Crippen LogP contribution in [-0.4, -0.2) is 12.7 Å². The number of rotatable bonds is 1. The van der Waals surface area contributed by atoms with E-state index in [1.54, 1.807) is 0 Å². The molecule has 2 N–H and O–H groups in total. The quantitative estimate of drug-likeness (QED) is 0.573. The van der Waals surface area contributed by atoms with E-state index in [4.69, 9.17) is 5.73 Å². The number of nitrogens with two attached hydrogens (primary N) is 1. The van der Waals surface area contributed by atoms with Gasteiger partial charge in [-0.2, -0.15) is 0 Å². The molecule has 0 amide bonds. The number of alkyl halides is 1. The summed E-state index contributed by atoms with van der Waals surface area (Å²) in [5.74, 6) is 0.466. The summed E-state index contributed by atoms with van der Waals surface area (Å²) in [6, 6.07) is 0. The molecule has 1 saturated carbocycles. The van der Waals surface area contributed by atoms with E-state index in [0.29, 0.717) is 18.9 Å². The Morgan fingerprint density at radius 2 is 2.22 bits per heavy atom. The van der Waals surface area contributed by atoms with Crippen LogP contribution >= 0.6 is 0 Å². The zero-order valence-corrected chi connectivity index (χ0v) is 5.65. The van der Waals surface area contributed by atoms with Crippen LogP contribution in [0.5, 0.6) is 0 Å². The van der Waals surface area contributed by atoms with Gasteiger partial charge in [0, 0.05) is 0 Å². The lowest BCUT2D eigenvalue weighted by Gasteiger charge is -2.22. The fourth-order valence-corrected chi connectivity index (χ4v) is 1.44. The lowest BCUT2D eigenvalue weighted by Crippen LogP contribution is -2.22. The molecular weight excluding hydrogens is 117 g/mol. The molecule has 1 nitrogen and oxygen atoms in total. The van der Waals surface area contributed by atoms with E-state index < -0.39 is 6.17 Å². The molecule has 1 aliphatic rings. The predicted octanol–water partition coefficient (Wildman–Crippen LogP) is 1.47. The molecule has 0 radical (unpaired) electrons. The van der Waals surface area contributed by atoms with Crippen LogP contribution in [-0.2, 0) is 0 Å². The molecule has 0 aromatic carbocycles. The lowest BCUT2D eigenvalue weighted by atomic mass is 9.88. The smallest absolute Gasteiger partial charge is 0.100 e. The molecular formula is C7H14FN. The van der Waals surface area contributed by atoms with E-state index in [1.165, 1.54) is 0 Å². The minimum absolute atomic E-state index is 0.466. The van der Waals surface area contributed by atoms with Crippen molar-refractivity contribution < 1.29 is 4.39 Å².